The lowest BCUT2D eigenvalue weighted by Crippen LogP contribution is -2.46. The Hall–Kier alpha value is -3.29. The summed E-state index contributed by atoms with van der Waals surface area (Å²) < 4.78 is 58.6. The molecule has 0 aliphatic carbocycles. The summed E-state index contributed by atoms with van der Waals surface area (Å²) in [4.78, 5) is 26.7. The van der Waals surface area contributed by atoms with Gasteiger partial charge in [0, 0.05) is 16.9 Å². The summed E-state index contributed by atoms with van der Waals surface area (Å²) in [5, 5.41) is 0.665. The maximum absolute atomic E-state index is 13.8. The zero-order valence-corrected chi connectivity index (χ0v) is 30.6. The molecule has 266 valence electrons. The largest absolute Gasteiger partial charge is 0.493 e. The number of carbonyl (C=O) groups excluding carboxylic acids is 1. The third kappa shape index (κ3) is 10.4. The second-order valence-corrected chi connectivity index (χ2v) is 16.2. The molecule has 3 rings (SSSR count). The second kappa shape index (κ2) is 15.1. The predicted octanol–water partition coefficient (Wildman–Crippen LogP) is 11.1. The number of esters is 1. The first-order valence-corrected chi connectivity index (χ1v) is 17.2. The number of rotatable bonds is 14. The first-order chi connectivity index (χ1) is 22.1. The summed E-state index contributed by atoms with van der Waals surface area (Å²) >= 11 is 0. The number of aryl methyl sites for hydroxylation is 2. The van der Waals surface area contributed by atoms with Crippen molar-refractivity contribution in [3.05, 3.63) is 64.0 Å². The van der Waals surface area contributed by atoms with Crippen molar-refractivity contribution < 1.29 is 31.9 Å². The second-order valence-electron chi connectivity index (χ2n) is 16.2. The molecule has 0 amide bonds. The zero-order valence-electron chi connectivity index (χ0n) is 30.6. The number of fused-ring (bicyclic) bond motifs is 1. The first-order valence-electron chi connectivity index (χ1n) is 17.2. The van der Waals surface area contributed by atoms with Crippen LogP contribution in [-0.4, -0.2) is 25.4 Å². The molecular formula is C40H55F3O5. The highest BCUT2D eigenvalue weighted by Crippen LogP contribution is 2.48. The molecule has 2 atom stereocenters. The molecule has 0 N–H and O–H groups in total. The van der Waals surface area contributed by atoms with Crippen molar-refractivity contribution in [2.75, 3.05) is 13.2 Å². The molecule has 0 bridgehead atoms. The van der Waals surface area contributed by atoms with E-state index >= 15 is 0 Å². The predicted molar refractivity (Wildman–Crippen MR) is 187 cm³/mol. The monoisotopic (exact) mass is 672 g/mol. The van der Waals surface area contributed by atoms with E-state index in [1.165, 1.54) is 25.0 Å². The molecule has 3 aromatic rings. The molecule has 0 aliphatic heterocycles. The summed E-state index contributed by atoms with van der Waals surface area (Å²) in [6, 6.07) is 12.9. The molecule has 1 heterocycles. The highest BCUT2D eigenvalue weighted by Gasteiger charge is 2.49. The summed E-state index contributed by atoms with van der Waals surface area (Å²) in [7, 11) is 0. The number of hydrogen-bond acceptors (Lipinski definition) is 5. The van der Waals surface area contributed by atoms with Crippen LogP contribution < -0.4 is 10.4 Å². The Morgan fingerprint density at radius 3 is 2.08 bits per heavy atom. The minimum atomic E-state index is -4.51. The van der Waals surface area contributed by atoms with Crippen LogP contribution >= 0.6 is 0 Å². The van der Waals surface area contributed by atoms with E-state index in [4.69, 9.17) is 13.9 Å². The van der Waals surface area contributed by atoms with E-state index in [-0.39, 0.29) is 23.4 Å². The van der Waals surface area contributed by atoms with Gasteiger partial charge in [-0.2, -0.15) is 13.2 Å². The molecule has 0 aliphatic rings. The first kappa shape index (κ1) is 39.2. The smallest absolute Gasteiger partial charge is 0.389 e. The van der Waals surface area contributed by atoms with Crippen LogP contribution in [0.4, 0.5) is 13.2 Å². The molecule has 0 fully saturated rings. The minimum Gasteiger partial charge on any atom is -0.493 e. The number of ether oxygens (including phenoxy) is 2. The lowest BCUT2D eigenvalue weighted by molar-refractivity contribution is -0.183. The fourth-order valence-electron chi connectivity index (χ4n) is 6.29. The lowest BCUT2D eigenvalue weighted by Gasteiger charge is -2.44. The van der Waals surface area contributed by atoms with Gasteiger partial charge < -0.3 is 13.9 Å². The molecule has 5 nitrogen and oxygen atoms in total. The van der Waals surface area contributed by atoms with Gasteiger partial charge in [0.2, 0.25) is 0 Å². The number of halogens is 3. The number of alkyl halides is 3. The Morgan fingerprint density at radius 2 is 1.50 bits per heavy atom. The van der Waals surface area contributed by atoms with Gasteiger partial charge in [0.15, 0.2) is 0 Å². The molecule has 0 saturated heterocycles. The Kier molecular flexibility index (Phi) is 12.3. The average molecular weight is 673 g/mol. The van der Waals surface area contributed by atoms with E-state index in [0.717, 1.165) is 36.8 Å². The van der Waals surface area contributed by atoms with E-state index in [2.05, 4.69) is 26.0 Å². The molecule has 1 aromatic heterocycles. The summed E-state index contributed by atoms with van der Waals surface area (Å²) in [5.41, 5.74) is 0.194. The fourth-order valence-corrected chi connectivity index (χ4v) is 6.29. The number of hydrogen-bond donors (Lipinski definition) is 0. The van der Waals surface area contributed by atoms with Gasteiger partial charge in [0.05, 0.1) is 24.0 Å². The van der Waals surface area contributed by atoms with Crippen molar-refractivity contribution in [1.29, 1.82) is 0 Å². The van der Waals surface area contributed by atoms with Gasteiger partial charge in [-0.15, -0.1) is 0 Å². The Labute approximate surface area is 284 Å². The lowest BCUT2D eigenvalue weighted by atomic mass is 9.61. The molecule has 2 unspecified atom stereocenters. The van der Waals surface area contributed by atoms with Crippen LogP contribution in [0.5, 0.6) is 5.75 Å². The van der Waals surface area contributed by atoms with Gasteiger partial charge in [0.25, 0.3) is 0 Å². The normalized spacial score (nSPS) is 15.2. The SMILES string of the molecule is CCCCCc1ccc(-c2cc3ccc(OCC(C)(COC(=O)C(C)(CC(C)(C)C)C(C)(C)C)CC(F)(F)F)cc3oc2=O)c(CC)c1. The van der Waals surface area contributed by atoms with Gasteiger partial charge in [-0.25, -0.2) is 4.79 Å². The molecular weight excluding hydrogens is 617 g/mol. The van der Waals surface area contributed by atoms with Crippen molar-refractivity contribution >= 4 is 16.9 Å². The van der Waals surface area contributed by atoms with Crippen LogP contribution in [0.2, 0.25) is 0 Å². The molecule has 0 spiro atoms. The van der Waals surface area contributed by atoms with E-state index in [9.17, 15) is 22.8 Å². The average Bonchev–Trinajstić information content (AvgIpc) is 2.96. The standard InChI is InChI=1S/C40H55F3O5/c1-11-13-14-15-27-16-19-31(28(12-2)20-27)32-21-29-17-18-30(22-33(29)48-34(32)44)46-25-38(9,24-40(41,42)43)26-47-35(45)39(10,37(6,7)8)23-36(3,4)5/h16-22H,11-15,23-26H2,1-10H3. The fraction of sp³-hybridized carbons (Fsp3) is 0.600. The van der Waals surface area contributed by atoms with Crippen molar-refractivity contribution in [2.24, 2.45) is 21.7 Å². The van der Waals surface area contributed by atoms with Crippen LogP contribution in [0.3, 0.4) is 0 Å². The van der Waals surface area contributed by atoms with E-state index in [1.807, 2.05) is 54.5 Å². The van der Waals surface area contributed by atoms with E-state index in [1.54, 1.807) is 18.2 Å². The molecule has 48 heavy (non-hydrogen) atoms. The highest BCUT2D eigenvalue weighted by atomic mass is 19.4. The summed E-state index contributed by atoms with van der Waals surface area (Å²) in [5.74, 6) is -0.282. The van der Waals surface area contributed by atoms with Crippen molar-refractivity contribution in [2.45, 2.75) is 120 Å². The topological polar surface area (TPSA) is 65.7 Å². The number of unbranched alkanes of at least 4 members (excludes halogenated alkanes) is 2. The maximum Gasteiger partial charge on any atom is 0.389 e. The van der Waals surface area contributed by atoms with Gasteiger partial charge in [-0.05, 0) is 78.3 Å². The van der Waals surface area contributed by atoms with Crippen molar-refractivity contribution in [3.63, 3.8) is 0 Å². The van der Waals surface area contributed by atoms with Crippen LogP contribution in [-0.2, 0) is 22.4 Å². The number of carbonyl (C=O) groups is 1. The third-order valence-corrected chi connectivity index (χ3v) is 9.37. The maximum atomic E-state index is 13.8. The third-order valence-electron chi connectivity index (χ3n) is 9.37. The van der Waals surface area contributed by atoms with Crippen molar-refractivity contribution in [1.82, 2.24) is 0 Å². The molecule has 8 heteroatoms. The van der Waals surface area contributed by atoms with Crippen LogP contribution in [0.15, 0.2) is 51.7 Å². The number of benzene rings is 2. The minimum absolute atomic E-state index is 0.206. The van der Waals surface area contributed by atoms with Crippen LogP contribution in [0.25, 0.3) is 22.1 Å². The summed E-state index contributed by atoms with van der Waals surface area (Å²) in [6.07, 6.45) is -0.0108. The van der Waals surface area contributed by atoms with Gasteiger partial charge >= 0.3 is 17.8 Å². The quantitative estimate of drug-likeness (QED) is 0.0969. The van der Waals surface area contributed by atoms with E-state index < -0.39 is 47.0 Å². The Morgan fingerprint density at radius 1 is 0.812 bits per heavy atom. The van der Waals surface area contributed by atoms with Gasteiger partial charge in [-0.1, -0.05) is 93.4 Å². The van der Waals surface area contributed by atoms with E-state index in [0.29, 0.717) is 17.4 Å². The molecule has 0 radical (unpaired) electrons. The molecule has 2 aromatic carbocycles. The Balaban J connectivity index is 1.84. The highest BCUT2D eigenvalue weighted by molar-refractivity contribution is 5.83. The van der Waals surface area contributed by atoms with Crippen LogP contribution in [0, 0.1) is 21.7 Å². The van der Waals surface area contributed by atoms with Crippen molar-refractivity contribution in [3.8, 4) is 16.9 Å². The van der Waals surface area contributed by atoms with Crippen LogP contribution in [0.1, 0.15) is 112 Å². The van der Waals surface area contributed by atoms with Gasteiger partial charge in [0.1, 0.15) is 17.9 Å². The summed E-state index contributed by atoms with van der Waals surface area (Å²) in [6.45, 7) is 18.5. The Bertz CT molecular complexity index is 1610. The molecule has 0 saturated carbocycles. The zero-order chi connectivity index (χ0) is 36.1. The van der Waals surface area contributed by atoms with Gasteiger partial charge in [-0.3, -0.25) is 4.79 Å².